The Bertz CT molecular complexity index is 436. The molecule has 1 aromatic rings. The van der Waals surface area contributed by atoms with Crippen LogP contribution in [0.15, 0.2) is 0 Å². The van der Waals surface area contributed by atoms with Crippen LogP contribution in [0, 0.1) is 12.8 Å². The Morgan fingerprint density at radius 3 is 2.84 bits per heavy atom. The second-order valence-corrected chi connectivity index (χ2v) is 6.19. The van der Waals surface area contributed by atoms with Gasteiger partial charge >= 0.3 is 0 Å². The van der Waals surface area contributed by atoms with E-state index in [9.17, 15) is 4.79 Å². The van der Waals surface area contributed by atoms with E-state index in [1.807, 2.05) is 6.92 Å². The number of thiazole rings is 1. The van der Waals surface area contributed by atoms with Crippen molar-refractivity contribution in [3.05, 3.63) is 10.6 Å². The molecule has 4 nitrogen and oxygen atoms in total. The number of carbonyl (C=O) groups is 1. The molecule has 2 unspecified atom stereocenters. The van der Waals surface area contributed by atoms with Gasteiger partial charge in [-0.2, -0.15) is 0 Å². The number of hydrogen-bond donors (Lipinski definition) is 2. The summed E-state index contributed by atoms with van der Waals surface area (Å²) in [4.78, 5) is 17.7. The van der Waals surface area contributed by atoms with Crippen LogP contribution in [-0.2, 0) is 11.2 Å². The summed E-state index contributed by atoms with van der Waals surface area (Å²) in [6.45, 7) is 4.12. The standard InChI is InChI=1S/C13H21N3OS.ClH/c1-3-11-8(2)18-13(15-11)16-12(17)9-5-4-6-10(14)7-9;/h9-10H,3-7,14H2,1-2H3,(H,15,16,17);1H. The predicted octanol–water partition coefficient (Wildman–Crippen LogP) is 2.89. The van der Waals surface area contributed by atoms with Crippen molar-refractivity contribution in [2.24, 2.45) is 11.7 Å². The summed E-state index contributed by atoms with van der Waals surface area (Å²) in [7, 11) is 0. The summed E-state index contributed by atoms with van der Waals surface area (Å²) in [5, 5.41) is 3.67. The molecule has 0 aromatic carbocycles. The number of nitrogens with zero attached hydrogens (tertiary/aromatic N) is 1. The van der Waals surface area contributed by atoms with Crippen molar-refractivity contribution >= 4 is 34.8 Å². The van der Waals surface area contributed by atoms with Gasteiger partial charge in [0.05, 0.1) is 5.69 Å². The smallest absolute Gasteiger partial charge is 0.229 e. The van der Waals surface area contributed by atoms with Crippen molar-refractivity contribution < 1.29 is 4.79 Å². The minimum Gasteiger partial charge on any atom is -0.328 e. The van der Waals surface area contributed by atoms with E-state index >= 15 is 0 Å². The Morgan fingerprint density at radius 2 is 2.26 bits per heavy atom. The average molecular weight is 304 g/mol. The van der Waals surface area contributed by atoms with Gasteiger partial charge in [-0.15, -0.1) is 23.7 Å². The Kier molecular flexibility index (Phi) is 6.23. The molecule has 2 rings (SSSR count). The zero-order valence-corrected chi connectivity index (χ0v) is 13.1. The molecule has 6 heteroatoms. The Morgan fingerprint density at radius 1 is 1.53 bits per heavy atom. The van der Waals surface area contributed by atoms with Crippen molar-refractivity contribution in [1.82, 2.24) is 4.98 Å². The lowest BCUT2D eigenvalue weighted by Crippen LogP contribution is -2.34. The molecule has 1 aliphatic carbocycles. The lowest BCUT2D eigenvalue weighted by atomic mass is 9.86. The molecule has 0 bridgehead atoms. The zero-order valence-electron chi connectivity index (χ0n) is 11.4. The van der Waals surface area contributed by atoms with Gasteiger partial charge in [-0.05, 0) is 32.6 Å². The first-order chi connectivity index (χ1) is 8.60. The number of halogens is 1. The van der Waals surface area contributed by atoms with E-state index < -0.39 is 0 Å². The molecule has 2 atom stereocenters. The van der Waals surface area contributed by atoms with E-state index in [-0.39, 0.29) is 30.3 Å². The van der Waals surface area contributed by atoms with Crippen LogP contribution in [0.25, 0.3) is 0 Å². The zero-order chi connectivity index (χ0) is 13.1. The highest BCUT2D eigenvalue weighted by Gasteiger charge is 2.25. The highest BCUT2D eigenvalue weighted by atomic mass is 35.5. The van der Waals surface area contributed by atoms with E-state index in [2.05, 4.69) is 17.2 Å². The molecule has 1 aliphatic rings. The second-order valence-electron chi connectivity index (χ2n) is 4.99. The summed E-state index contributed by atoms with van der Waals surface area (Å²) in [5.74, 6) is 0.143. The van der Waals surface area contributed by atoms with Crippen molar-refractivity contribution in [2.75, 3.05) is 5.32 Å². The summed E-state index contributed by atoms with van der Waals surface area (Å²) in [6.07, 6.45) is 4.75. The van der Waals surface area contributed by atoms with Crippen molar-refractivity contribution in [3.8, 4) is 0 Å². The number of carbonyl (C=O) groups excluding carboxylic acids is 1. The maximum Gasteiger partial charge on any atom is 0.229 e. The number of nitrogens with two attached hydrogens (primary N) is 1. The van der Waals surface area contributed by atoms with Gasteiger partial charge in [0, 0.05) is 16.8 Å². The molecule has 0 radical (unpaired) electrons. The lowest BCUT2D eigenvalue weighted by Gasteiger charge is -2.25. The number of aryl methyl sites for hydroxylation is 2. The molecule has 1 aromatic heterocycles. The van der Waals surface area contributed by atoms with Gasteiger partial charge in [-0.3, -0.25) is 4.79 Å². The number of anilines is 1. The monoisotopic (exact) mass is 303 g/mol. The largest absolute Gasteiger partial charge is 0.328 e. The van der Waals surface area contributed by atoms with Crippen LogP contribution >= 0.6 is 23.7 Å². The van der Waals surface area contributed by atoms with Crippen LogP contribution in [0.5, 0.6) is 0 Å². The van der Waals surface area contributed by atoms with E-state index in [1.165, 1.54) is 4.88 Å². The Labute approximate surface area is 124 Å². The molecule has 0 saturated heterocycles. The SMILES string of the molecule is CCc1nc(NC(=O)C2CCCC(N)C2)sc1C.Cl. The Hall–Kier alpha value is -0.650. The summed E-state index contributed by atoms with van der Waals surface area (Å²) in [5.41, 5.74) is 6.99. The quantitative estimate of drug-likeness (QED) is 0.902. The average Bonchev–Trinajstić information content (AvgIpc) is 2.69. The molecule has 19 heavy (non-hydrogen) atoms. The van der Waals surface area contributed by atoms with E-state index in [0.29, 0.717) is 0 Å². The van der Waals surface area contributed by atoms with Crippen LogP contribution in [-0.4, -0.2) is 16.9 Å². The predicted molar refractivity (Wildman–Crippen MR) is 82.0 cm³/mol. The van der Waals surface area contributed by atoms with Crippen LogP contribution in [0.4, 0.5) is 5.13 Å². The molecule has 1 amide bonds. The van der Waals surface area contributed by atoms with Crippen molar-refractivity contribution in [1.29, 1.82) is 0 Å². The first kappa shape index (κ1) is 16.4. The summed E-state index contributed by atoms with van der Waals surface area (Å²) in [6, 6.07) is 0.179. The molecular formula is C13H22ClN3OS. The molecule has 1 fully saturated rings. The maximum atomic E-state index is 12.1. The highest BCUT2D eigenvalue weighted by molar-refractivity contribution is 7.15. The number of aromatic nitrogens is 1. The summed E-state index contributed by atoms with van der Waals surface area (Å²) < 4.78 is 0. The van der Waals surface area contributed by atoms with Crippen LogP contribution in [0.2, 0.25) is 0 Å². The lowest BCUT2D eigenvalue weighted by molar-refractivity contribution is -0.120. The molecule has 1 saturated carbocycles. The van der Waals surface area contributed by atoms with E-state index in [0.717, 1.165) is 42.9 Å². The topological polar surface area (TPSA) is 68.0 Å². The minimum atomic E-state index is 0. The van der Waals surface area contributed by atoms with Crippen molar-refractivity contribution in [3.63, 3.8) is 0 Å². The number of amides is 1. The van der Waals surface area contributed by atoms with Gasteiger partial charge in [0.25, 0.3) is 0 Å². The fraction of sp³-hybridized carbons (Fsp3) is 0.692. The number of nitrogens with one attached hydrogen (secondary N) is 1. The molecule has 3 N–H and O–H groups in total. The highest BCUT2D eigenvalue weighted by Crippen LogP contribution is 2.27. The maximum absolute atomic E-state index is 12.1. The van der Waals surface area contributed by atoms with Gasteiger partial charge < -0.3 is 11.1 Å². The van der Waals surface area contributed by atoms with E-state index in [4.69, 9.17) is 5.73 Å². The second kappa shape index (κ2) is 7.22. The normalized spacial score (nSPS) is 22.7. The number of hydrogen-bond acceptors (Lipinski definition) is 4. The number of rotatable bonds is 3. The Balaban J connectivity index is 0.00000180. The minimum absolute atomic E-state index is 0. The third kappa shape index (κ3) is 4.16. The summed E-state index contributed by atoms with van der Waals surface area (Å²) >= 11 is 1.56. The molecular weight excluding hydrogens is 282 g/mol. The van der Waals surface area contributed by atoms with Crippen LogP contribution in [0.1, 0.15) is 43.2 Å². The van der Waals surface area contributed by atoms with Gasteiger partial charge in [0.2, 0.25) is 5.91 Å². The van der Waals surface area contributed by atoms with Gasteiger partial charge in [-0.25, -0.2) is 4.98 Å². The first-order valence-corrected chi connectivity index (χ1v) is 7.44. The fourth-order valence-electron chi connectivity index (χ4n) is 2.48. The molecule has 1 heterocycles. The molecule has 0 spiro atoms. The third-order valence-corrected chi connectivity index (χ3v) is 4.47. The van der Waals surface area contributed by atoms with Crippen LogP contribution in [0.3, 0.4) is 0 Å². The van der Waals surface area contributed by atoms with Gasteiger partial charge in [0.1, 0.15) is 0 Å². The first-order valence-electron chi connectivity index (χ1n) is 6.63. The van der Waals surface area contributed by atoms with Gasteiger partial charge in [-0.1, -0.05) is 13.3 Å². The third-order valence-electron chi connectivity index (χ3n) is 3.54. The van der Waals surface area contributed by atoms with Crippen LogP contribution < -0.4 is 11.1 Å². The molecule has 108 valence electrons. The molecule has 0 aliphatic heterocycles. The van der Waals surface area contributed by atoms with E-state index in [1.54, 1.807) is 11.3 Å². The van der Waals surface area contributed by atoms with Gasteiger partial charge in [0.15, 0.2) is 5.13 Å². The van der Waals surface area contributed by atoms with Crippen molar-refractivity contribution in [2.45, 2.75) is 52.0 Å². The fourth-order valence-corrected chi connectivity index (χ4v) is 3.39.